The zero-order chi connectivity index (χ0) is 15.8. The van der Waals surface area contributed by atoms with Crippen LogP contribution in [0, 0.1) is 0 Å². The quantitative estimate of drug-likeness (QED) is 0.508. The third kappa shape index (κ3) is 6.20. The van der Waals surface area contributed by atoms with Crippen LogP contribution < -0.4 is 15.5 Å². The summed E-state index contributed by atoms with van der Waals surface area (Å²) >= 11 is 8.82. The van der Waals surface area contributed by atoms with E-state index >= 15 is 0 Å². The van der Waals surface area contributed by atoms with Crippen molar-refractivity contribution in [2.75, 3.05) is 39.4 Å². The minimum absolute atomic E-state index is 0.206. The van der Waals surface area contributed by atoms with Crippen LogP contribution in [0.2, 0.25) is 0 Å². The molecule has 0 radical (unpaired) electrons. The van der Waals surface area contributed by atoms with Gasteiger partial charge in [-0.25, -0.2) is 0 Å². The first kappa shape index (κ1) is 17.7. The van der Waals surface area contributed by atoms with Gasteiger partial charge >= 0.3 is 0 Å². The Morgan fingerprint density at radius 3 is 2.68 bits per heavy atom. The highest BCUT2D eigenvalue weighted by atomic mass is 79.9. The molecular weight excluding hydrogens is 362 g/mol. The SMILES string of the molecule is C[C@H](NC(=S)NCCC[NH+]1CCOCC1)c1ccc(Br)cc1. The minimum atomic E-state index is 0.206. The Morgan fingerprint density at radius 1 is 1.32 bits per heavy atom. The molecule has 22 heavy (non-hydrogen) atoms. The van der Waals surface area contributed by atoms with E-state index in [0.29, 0.717) is 0 Å². The van der Waals surface area contributed by atoms with Gasteiger partial charge < -0.3 is 20.3 Å². The average Bonchev–Trinajstić information content (AvgIpc) is 2.53. The first-order valence-corrected chi connectivity index (χ1v) is 9.06. The lowest BCUT2D eigenvalue weighted by Crippen LogP contribution is -3.14. The van der Waals surface area contributed by atoms with Gasteiger partial charge in [0.1, 0.15) is 13.1 Å². The highest BCUT2D eigenvalue weighted by molar-refractivity contribution is 9.10. The molecular formula is C16H25BrN3OS+. The van der Waals surface area contributed by atoms with E-state index in [1.807, 2.05) is 0 Å². The Labute approximate surface area is 146 Å². The summed E-state index contributed by atoms with van der Waals surface area (Å²) in [6.45, 7) is 8.27. The lowest BCUT2D eigenvalue weighted by molar-refractivity contribution is -0.908. The zero-order valence-electron chi connectivity index (χ0n) is 13.0. The Kier molecular flexibility index (Phi) is 7.59. The van der Waals surface area contributed by atoms with Crippen LogP contribution in [0.15, 0.2) is 28.7 Å². The molecule has 3 N–H and O–H groups in total. The lowest BCUT2D eigenvalue weighted by atomic mass is 10.1. The fourth-order valence-corrected chi connectivity index (χ4v) is 3.08. The Morgan fingerprint density at radius 2 is 2.00 bits per heavy atom. The predicted molar refractivity (Wildman–Crippen MR) is 97.3 cm³/mol. The first-order valence-electron chi connectivity index (χ1n) is 7.86. The van der Waals surface area contributed by atoms with E-state index in [0.717, 1.165) is 48.9 Å². The van der Waals surface area contributed by atoms with Gasteiger partial charge in [-0.1, -0.05) is 28.1 Å². The summed E-state index contributed by atoms with van der Waals surface area (Å²) in [5, 5.41) is 7.36. The van der Waals surface area contributed by atoms with E-state index in [1.54, 1.807) is 4.90 Å². The summed E-state index contributed by atoms with van der Waals surface area (Å²) in [4.78, 5) is 1.63. The van der Waals surface area contributed by atoms with Gasteiger partial charge in [0, 0.05) is 17.4 Å². The molecule has 0 spiro atoms. The largest absolute Gasteiger partial charge is 0.370 e. The number of hydrogen-bond donors (Lipinski definition) is 3. The van der Waals surface area contributed by atoms with Crippen molar-refractivity contribution >= 4 is 33.3 Å². The summed E-state index contributed by atoms with van der Waals surface area (Å²) in [5.41, 5.74) is 1.23. The van der Waals surface area contributed by atoms with E-state index in [4.69, 9.17) is 17.0 Å². The number of hydrogen-bond acceptors (Lipinski definition) is 2. The van der Waals surface area contributed by atoms with E-state index in [2.05, 4.69) is 57.8 Å². The van der Waals surface area contributed by atoms with Crippen LogP contribution in [-0.2, 0) is 4.74 Å². The van der Waals surface area contributed by atoms with Gasteiger partial charge in [0.15, 0.2) is 5.11 Å². The molecule has 1 aliphatic heterocycles. The molecule has 4 nitrogen and oxygen atoms in total. The molecule has 0 amide bonds. The van der Waals surface area contributed by atoms with E-state index in [9.17, 15) is 0 Å². The van der Waals surface area contributed by atoms with Crippen molar-refractivity contribution < 1.29 is 9.64 Å². The van der Waals surface area contributed by atoms with Crippen molar-refractivity contribution in [1.82, 2.24) is 10.6 Å². The molecule has 0 aromatic heterocycles. The number of benzene rings is 1. The number of morpholine rings is 1. The van der Waals surface area contributed by atoms with E-state index < -0.39 is 0 Å². The summed E-state index contributed by atoms with van der Waals surface area (Å²) in [6.07, 6.45) is 1.13. The highest BCUT2D eigenvalue weighted by Gasteiger charge is 2.13. The number of nitrogens with one attached hydrogen (secondary N) is 3. The molecule has 1 aromatic rings. The molecule has 2 rings (SSSR count). The summed E-state index contributed by atoms with van der Waals surface area (Å²) in [5.74, 6) is 0. The maximum absolute atomic E-state index is 5.37. The Hall–Kier alpha value is -0.690. The Bertz CT molecular complexity index is 463. The molecule has 1 fully saturated rings. The second kappa shape index (κ2) is 9.45. The molecule has 6 heteroatoms. The normalized spacial score (nSPS) is 17.0. The summed E-state index contributed by atoms with van der Waals surface area (Å²) in [6, 6.07) is 8.51. The van der Waals surface area contributed by atoms with Gasteiger partial charge in [-0.15, -0.1) is 0 Å². The maximum Gasteiger partial charge on any atom is 0.166 e. The van der Waals surface area contributed by atoms with Crippen molar-refractivity contribution in [2.45, 2.75) is 19.4 Å². The Balaban J connectivity index is 1.61. The standard InChI is InChI=1S/C16H24BrN3OS/c1-13(14-3-5-15(17)6-4-14)19-16(22)18-7-2-8-20-9-11-21-12-10-20/h3-6,13H,2,7-12H2,1H3,(H2,18,19,22)/p+1/t13-/m0/s1. The molecule has 0 unspecified atom stereocenters. The molecule has 1 heterocycles. The minimum Gasteiger partial charge on any atom is -0.370 e. The number of thiocarbonyl (C=S) groups is 1. The number of halogens is 1. The van der Waals surface area contributed by atoms with Gasteiger partial charge in [0.05, 0.1) is 25.8 Å². The number of quaternary nitrogens is 1. The van der Waals surface area contributed by atoms with Crippen LogP contribution >= 0.6 is 28.1 Å². The van der Waals surface area contributed by atoms with Gasteiger partial charge in [0.25, 0.3) is 0 Å². The number of ether oxygens (including phenoxy) is 1. The zero-order valence-corrected chi connectivity index (χ0v) is 15.4. The maximum atomic E-state index is 5.37. The molecule has 1 aliphatic rings. The molecule has 1 saturated heterocycles. The van der Waals surface area contributed by atoms with Crippen molar-refractivity contribution in [2.24, 2.45) is 0 Å². The first-order chi connectivity index (χ1) is 10.6. The van der Waals surface area contributed by atoms with Crippen LogP contribution in [0.1, 0.15) is 24.9 Å². The highest BCUT2D eigenvalue weighted by Crippen LogP contribution is 2.16. The molecule has 0 bridgehead atoms. The number of rotatable bonds is 6. The van der Waals surface area contributed by atoms with Gasteiger partial charge in [0.2, 0.25) is 0 Å². The molecule has 1 atom stereocenters. The van der Waals surface area contributed by atoms with Crippen molar-refractivity contribution in [1.29, 1.82) is 0 Å². The van der Waals surface area contributed by atoms with Gasteiger partial charge in [-0.2, -0.15) is 0 Å². The third-order valence-electron chi connectivity index (χ3n) is 3.91. The molecule has 0 aliphatic carbocycles. The topological polar surface area (TPSA) is 37.7 Å². The van der Waals surface area contributed by atoms with Crippen LogP contribution in [0.3, 0.4) is 0 Å². The lowest BCUT2D eigenvalue weighted by Gasteiger charge is -2.24. The average molecular weight is 387 g/mol. The third-order valence-corrected chi connectivity index (χ3v) is 4.70. The van der Waals surface area contributed by atoms with Crippen LogP contribution in [0.25, 0.3) is 0 Å². The van der Waals surface area contributed by atoms with Crippen LogP contribution in [0.4, 0.5) is 0 Å². The van der Waals surface area contributed by atoms with E-state index in [1.165, 1.54) is 12.1 Å². The second-order valence-electron chi connectivity index (χ2n) is 5.64. The molecule has 0 saturated carbocycles. The van der Waals surface area contributed by atoms with E-state index in [-0.39, 0.29) is 6.04 Å². The summed E-state index contributed by atoms with van der Waals surface area (Å²) < 4.78 is 6.46. The molecule has 122 valence electrons. The van der Waals surface area contributed by atoms with Crippen molar-refractivity contribution in [3.8, 4) is 0 Å². The van der Waals surface area contributed by atoms with Crippen molar-refractivity contribution in [3.05, 3.63) is 34.3 Å². The van der Waals surface area contributed by atoms with Gasteiger partial charge in [-0.05, 0) is 36.8 Å². The fourth-order valence-electron chi connectivity index (χ4n) is 2.53. The second-order valence-corrected chi connectivity index (χ2v) is 6.96. The molecule has 1 aromatic carbocycles. The van der Waals surface area contributed by atoms with Crippen LogP contribution in [-0.4, -0.2) is 44.5 Å². The van der Waals surface area contributed by atoms with Crippen molar-refractivity contribution in [3.63, 3.8) is 0 Å². The monoisotopic (exact) mass is 386 g/mol. The smallest absolute Gasteiger partial charge is 0.166 e. The summed E-state index contributed by atoms with van der Waals surface area (Å²) in [7, 11) is 0. The van der Waals surface area contributed by atoms with Crippen LogP contribution in [0.5, 0.6) is 0 Å². The predicted octanol–water partition coefficient (Wildman–Crippen LogP) is 1.28. The van der Waals surface area contributed by atoms with Gasteiger partial charge in [-0.3, -0.25) is 0 Å². The fraction of sp³-hybridized carbons (Fsp3) is 0.562.